The second kappa shape index (κ2) is 6.51. The van der Waals surface area contributed by atoms with Crippen LogP contribution in [-0.2, 0) is 24.2 Å². The van der Waals surface area contributed by atoms with Crippen molar-refractivity contribution in [2.45, 2.75) is 31.3 Å². The van der Waals surface area contributed by atoms with E-state index in [1.165, 1.54) is 0 Å². The van der Waals surface area contributed by atoms with Gasteiger partial charge < -0.3 is 15.7 Å². The minimum Gasteiger partial charge on any atom is -0.481 e. The predicted molar refractivity (Wildman–Crippen MR) is 69.3 cm³/mol. The lowest BCUT2D eigenvalue weighted by atomic mass is 10.1. The normalized spacial score (nSPS) is 20.6. The molecule has 20 heavy (non-hydrogen) atoms. The van der Waals surface area contributed by atoms with Crippen LogP contribution in [0.3, 0.4) is 0 Å². The van der Waals surface area contributed by atoms with E-state index in [1.807, 2.05) is 0 Å². The summed E-state index contributed by atoms with van der Waals surface area (Å²) in [4.78, 5) is 33.5. The molecule has 1 aliphatic rings. The van der Waals surface area contributed by atoms with E-state index >= 15 is 0 Å². The third-order valence-corrected chi connectivity index (χ3v) is 3.24. The van der Waals surface area contributed by atoms with Gasteiger partial charge in [-0.3, -0.25) is 14.4 Å². The molecule has 0 radical (unpaired) electrons. The van der Waals surface area contributed by atoms with Gasteiger partial charge in [0.05, 0.1) is 12.5 Å². The average Bonchev–Trinajstić information content (AvgIpc) is 2.71. The molecular weight excluding hydrogens is 288 g/mol. The van der Waals surface area contributed by atoms with Crippen LogP contribution in [0.2, 0.25) is 0 Å². The van der Waals surface area contributed by atoms with Crippen LogP contribution < -0.4 is 10.6 Å². The minimum atomic E-state index is -3.41. The van der Waals surface area contributed by atoms with Crippen LogP contribution in [0.25, 0.3) is 0 Å². The molecule has 0 saturated carbocycles. The summed E-state index contributed by atoms with van der Waals surface area (Å²) in [5, 5.41) is 14.4. The quantitative estimate of drug-likeness (QED) is 0.564. The Hall–Kier alpha value is -1.90. The van der Waals surface area contributed by atoms with E-state index in [0.29, 0.717) is 6.42 Å². The number of hydrogen-bond donors (Lipinski definition) is 3. The lowest BCUT2D eigenvalue weighted by Crippen LogP contribution is -2.46. The molecule has 1 heterocycles. The van der Waals surface area contributed by atoms with Gasteiger partial charge in [-0.05, 0) is 6.42 Å². The zero-order valence-electron chi connectivity index (χ0n) is 10.8. The maximum atomic E-state index is 11.8. The maximum Gasteiger partial charge on any atom is 0.305 e. The van der Waals surface area contributed by atoms with Crippen LogP contribution in [0.15, 0.2) is 11.5 Å². The van der Waals surface area contributed by atoms with Gasteiger partial charge in [0.25, 0.3) is 0 Å². The number of aliphatic carboxylic acids is 1. The molecule has 0 spiro atoms. The van der Waals surface area contributed by atoms with E-state index in [-0.39, 0.29) is 12.3 Å². The summed E-state index contributed by atoms with van der Waals surface area (Å²) < 4.78 is 22.0. The molecule has 0 aromatic heterocycles. The smallest absolute Gasteiger partial charge is 0.305 e. The van der Waals surface area contributed by atoms with Crippen LogP contribution in [0.1, 0.15) is 19.3 Å². The number of amides is 2. The largest absolute Gasteiger partial charge is 0.481 e. The summed E-state index contributed by atoms with van der Waals surface area (Å²) in [5.74, 6) is -1.95. The Morgan fingerprint density at radius 1 is 1.55 bits per heavy atom. The third kappa shape index (κ3) is 5.83. The van der Waals surface area contributed by atoms with Crippen molar-refractivity contribution in [1.82, 2.24) is 10.6 Å². The Labute approximate surface area is 116 Å². The first-order valence-electron chi connectivity index (χ1n) is 5.87. The van der Waals surface area contributed by atoms with Crippen molar-refractivity contribution >= 4 is 27.6 Å². The first-order valence-corrected chi connectivity index (χ1v) is 7.82. The van der Waals surface area contributed by atoms with E-state index < -0.39 is 40.2 Å². The van der Waals surface area contributed by atoms with Gasteiger partial charge in [-0.25, -0.2) is 8.42 Å². The van der Waals surface area contributed by atoms with E-state index in [0.717, 1.165) is 17.7 Å². The number of rotatable bonds is 6. The van der Waals surface area contributed by atoms with Crippen molar-refractivity contribution in [2.75, 3.05) is 6.26 Å². The Kier molecular flexibility index (Phi) is 5.26. The molecule has 1 saturated heterocycles. The number of hydrogen-bond acceptors (Lipinski definition) is 5. The van der Waals surface area contributed by atoms with Gasteiger partial charge in [0.15, 0.2) is 9.84 Å². The monoisotopic (exact) mass is 304 g/mol. The number of carboxylic acids is 1. The Bertz CT molecular complexity index is 539. The highest BCUT2D eigenvalue weighted by Gasteiger charge is 2.28. The van der Waals surface area contributed by atoms with E-state index in [4.69, 9.17) is 5.11 Å². The average molecular weight is 304 g/mol. The fourth-order valence-electron chi connectivity index (χ4n) is 1.69. The second-order valence-electron chi connectivity index (χ2n) is 4.53. The third-order valence-electron chi connectivity index (χ3n) is 2.59. The molecule has 1 aliphatic heterocycles. The number of sulfone groups is 1. The summed E-state index contributed by atoms with van der Waals surface area (Å²) in [6, 6.07) is -1.65. The van der Waals surface area contributed by atoms with Crippen molar-refractivity contribution in [1.29, 1.82) is 0 Å². The molecule has 0 unspecified atom stereocenters. The van der Waals surface area contributed by atoms with Crippen LogP contribution in [0.5, 0.6) is 0 Å². The first kappa shape index (κ1) is 16.2. The number of carbonyl (C=O) groups excluding carboxylic acids is 2. The van der Waals surface area contributed by atoms with Crippen molar-refractivity contribution in [3.8, 4) is 0 Å². The SMILES string of the molecule is CS(=O)(=O)/C=C/[C@H](CC(=O)O)NC(=O)[C@H]1CCC(=O)N1. The van der Waals surface area contributed by atoms with Crippen LogP contribution in [0, 0.1) is 0 Å². The maximum absolute atomic E-state index is 11.8. The number of nitrogens with one attached hydrogen (secondary N) is 2. The minimum absolute atomic E-state index is 0.237. The zero-order valence-corrected chi connectivity index (χ0v) is 11.6. The summed E-state index contributed by atoms with van der Waals surface area (Å²) in [6.45, 7) is 0. The van der Waals surface area contributed by atoms with Crippen LogP contribution in [0.4, 0.5) is 0 Å². The lowest BCUT2D eigenvalue weighted by molar-refractivity contribution is -0.137. The standard InChI is InChI=1S/C11H16N2O6S/c1-20(18,19)5-4-7(6-10(15)16)12-11(17)8-2-3-9(14)13-8/h4-5,7-8H,2-3,6H2,1H3,(H,12,17)(H,13,14)(H,15,16)/b5-4+/t7-,8-/m1/s1. The van der Waals surface area contributed by atoms with Gasteiger partial charge in [-0.2, -0.15) is 0 Å². The van der Waals surface area contributed by atoms with Gasteiger partial charge in [-0.15, -0.1) is 0 Å². The molecule has 8 nitrogen and oxygen atoms in total. The first-order chi connectivity index (χ1) is 9.17. The van der Waals surface area contributed by atoms with Gasteiger partial charge in [0.1, 0.15) is 6.04 Å². The molecule has 1 fully saturated rings. The van der Waals surface area contributed by atoms with Crippen molar-refractivity contribution in [3.63, 3.8) is 0 Å². The van der Waals surface area contributed by atoms with Gasteiger partial charge in [0, 0.05) is 18.1 Å². The summed E-state index contributed by atoms with van der Waals surface area (Å²) >= 11 is 0. The molecular formula is C11H16N2O6S. The van der Waals surface area contributed by atoms with Gasteiger partial charge >= 0.3 is 5.97 Å². The molecule has 3 N–H and O–H groups in total. The molecule has 0 bridgehead atoms. The molecule has 112 valence electrons. The Morgan fingerprint density at radius 3 is 2.65 bits per heavy atom. The van der Waals surface area contributed by atoms with Crippen molar-refractivity contribution < 1.29 is 27.9 Å². The molecule has 0 aliphatic carbocycles. The second-order valence-corrected chi connectivity index (χ2v) is 6.46. The van der Waals surface area contributed by atoms with Gasteiger partial charge in [-0.1, -0.05) is 6.08 Å². The predicted octanol–water partition coefficient (Wildman–Crippen LogP) is -1.22. The number of carbonyl (C=O) groups is 3. The summed E-state index contributed by atoms with van der Waals surface area (Å²) in [7, 11) is -3.41. The van der Waals surface area contributed by atoms with Crippen molar-refractivity contribution in [2.24, 2.45) is 0 Å². The molecule has 0 aromatic rings. The Morgan fingerprint density at radius 2 is 2.20 bits per heavy atom. The topological polar surface area (TPSA) is 130 Å². The molecule has 9 heteroatoms. The number of carboxylic acid groups (broad SMARTS) is 1. The summed E-state index contributed by atoms with van der Waals surface area (Å²) in [6.07, 6.45) is 2.19. The van der Waals surface area contributed by atoms with Crippen LogP contribution in [-0.4, -0.2) is 49.6 Å². The zero-order chi connectivity index (χ0) is 15.3. The highest BCUT2D eigenvalue weighted by Crippen LogP contribution is 2.07. The summed E-state index contributed by atoms with van der Waals surface area (Å²) in [5.41, 5.74) is 0. The lowest BCUT2D eigenvalue weighted by Gasteiger charge is -2.16. The Balaban J connectivity index is 2.69. The molecule has 2 atom stereocenters. The highest BCUT2D eigenvalue weighted by molar-refractivity contribution is 7.93. The molecule has 0 aromatic carbocycles. The van der Waals surface area contributed by atoms with E-state index in [1.54, 1.807) is 0 Å². The fourth-order valence-corrected chi connectivity index (χ4v) is 2.16. The van der Waals surface area contributed by atoms with Gasteiger partial charge in [0.2, 0.25) is 11.8 Å². The van der Waals surface area contributed by atoms with Crippen molar-refractivity contribution in [3.05, 3.63) is 11.5 Å². The van der Waals surface area contributed by atoms with E-state index in [2.05, 4.69) is 10.6 Å². The van der Waals surface area contributed by atoms with Crippen LogP contribution >= 0.6 is 0 Å². The molecule has 2 amide bonds. The highest BCUT2D eigenvalue weighted by atomic mass is 32.2. The molecule has 1 rings (SSSR count). The fraction of sp³-hybridized carbons (Fsp3) is 0.545. The van der Waals surface area contributed by atoms with E-state index in [9.17, 15) is 22.8 Å².